The summed E-state index contributed by atoms with van der Waals surface area (Å²) in [5, 5.41) is 3.26. The highest BCUT2D eigenvalue weighted by atomic mass is 35.5. The van der Waals surface area contributed by atoms with Gasteiger partial charge in [-0.15, -0.1) is 0 Å². The number of amides is 1. The molecule has 26 heavy (non-hydrogen) atoms. The standard InChI is InChI=1S/C19H13Cl2NO4/c1-11(24)22-13-2-4-14(5-3-13)26-19-16(20)8-12(9-17(19)21)18-7-6-15(10-23)25-18/h2-10H,1H3,(H,22,24). The second kappa shape index (κ2) is 7.64. The highest BCUT2D eigenvalue weighted by Crippen LogP contribution is 2.40. The van der Waals surface area contributed by atoms with Gasteiger partial charge in [0.2, 0.25) is 5.91 Å². The molecule has 0 atom stereocenters. The third-order valence-corrected chi connectivity index (χ3v) is 3.98. The highest BCUT2D eigenvalue weighted by Gasteiger charge is 2.14. The third-order valence-electron chi connectivity index (χ3n) is 3.42. The first-order chi connectivity index (χ1) is 12.5. The Morgan fingerprint density at radius 1 is 1.08 bits per heavy atom. The Morgan fingerprint density at radius 2 is 1.73 bits per heavy atom. The number of aldehydes is 1. The fraction of sp³-hybridized carbons (Fsp3) is 0.0526. The van der Waals surface area contributed by atoms with Crippen molar-refractivity contribution in [2.75, 3.05) is 5.32 Å². The first-order valence-corrected chi connectivity index (χ1v) is 8.32. The highest BCUT2D eigenvalue weighted by molar-refractivity contribution is 6.37. The quantitative estimate of drug-likeness (QED) is 0.558. The number of nitrogens with one attached hydrogen (secondary N) is 1. The summed E-state index contributed by atoms with van der Waals surface area (Å²) in [6.07, 6.45) is 0.620. The summed E-state index contributed by atoms with van der Waals surface area (Å²) < 4.78 is 11.1. The maximum atomic E-state index is 11.0. The smallest absolute Gasteiger partial charge is 0.221 e. The molecule has 0 radical (unpaired) electrons. The molecule has 2 aromatic carbocycles. The molecule has 3 rings (SSSR count). The maximum Gasteiger partial charge on any atom is 0.221 e. The van der Waals surface area contributed by atoms with E-state index in [1.165, 1.54) is 6.92 Å². The molecular weight excluding hydrogens is 377 g/mol. The van der Waals surface area contributed by atoms with Gasteiger partial charge < -0.3 is 14.5 Å². The van der Waals surface area contributed by atoms with Crippen LogP contribution in [0.2, 0.25) is 10.0 Å². The molecule has 0 bridgehead atoms. The van der Waals surface area contributed by atoms with E-state index >= 15 is 0 Å². The van der Waals surface area contributed by atoms with E-state index in [1.807, 2.05) is 0 Å². The van der Waals surface area contributed by atoms with E-state index in [-0.39, 0.29) is 11.7 Å². The number of halogens is 2. The Morgan fingerprint density at radius 3 is 2.27 bits per heavy atom. The second-order valence-corrected chi connectivity index (χ2v) is 6.21. The molecule has 5 nitrogen and oxygen atoms in total. The van der Waals surface area contributed by atoms with Crippen molar-refractivity contribution in [1.82, 2.24) is 0 Å². The zero-order chi connectivity index (χ0) is 18.7. The molecule has 0 saturated carbocycles. The van der Waals surface area contributed by atoms with E-state index in [0.717, 1.165) is 0 Å². The Labute approximate surface area is 159 Å². The summed E-state index contributed by atoms with van der Waals surface area (Å²) in [5.74, 6) is 1.34. The largest absolute Gasteiger partial charge is 0.454 e. The number of carbonyl (C=O) groups excluding carboxylic acids is 2. The summed E-state index contributed by atoms with van der Waals surface area (Å²) in [5.41, 5.74) is 1.28. The molecule has 0 spiro atoms. The number of hydrogen-bond donors (Lipinski definition) is 1. The fourth-order valence-corrected chi connectivity index (χ4v) is 2.86. The van der Waals surface area contributed by atoms with Gasteiger partial charge in [0.05, 0.1) is 10.0 Å². The van der Waals surface area contributed by atoms with Crippen LogP contribution >= 0.6 is 23.2 Å². The zero-order valence-corrected chi connectivity index (χ0v) is 15.1. The van der Waals surface area contributed by atoms with Crippen LogP contribution in [0, 0.1) is 0 Å². The van der Waals surface area contributed by atoms with Crippen LogP contribution in [0.1, 0.15) is 17.5 Å². The topological polar surface area (TPSA) is 68.5 Å². The number of ether oxygens (including phenoxy) is 1. The van der Waals surface area contributed by atoms with Crippen molar-refractivity contribution in [2.45, 2.75) is 6.92 Å². The molecule has 1 aromatic heterocycles. The number of anilines is 1. The van der Waals surface area contributed by atoms with Crippen molar-refractivity contribution in [2.24, 2.45) is 0 Å². The molecule has 7 heteroatoms. The summed E-state index contributed by atoms with van der Waals surface area (Å²) in [7, 11) is 0. The van der Waals surface area contributed by atoms with Crippen LogP contribution < -0.4 is 10.1 Å². The summed E-state index contributed by atoms with van der Waals surface area (Å²) >= 11 is 12.6. The van der Waals surface area contributed by atoms with Crippen molar-refractivity contribution < 1.29 is 18.7 Å². The second-order valence-electron chi connectivity index (χ2n) is 5.40. The van der Waals surface area contributed by atoms with Gasteiger partial charge in [-0.3, -0.25) is 9.59 Å². The van der Waals surface area contributed by atoms with E-state index in [2.05, 4.69) is 5.32 Å². The van der Waals surface area contributed by atoms with Crippen molar-refractivity contribution in [3.63, 3.8) is 0 Å². The summed E-state index contributed by atoms with van der Waals surface area (Å²) in [6, 6.07) is 13.3. The van der Waals surface area contributed by atoms with Gasteiger partial charge >= 0.3 is 0 Å². The molecule has 3 aromatic rings. The Hall–Kier alpha value is -2.76. The number of carbonyl (C=O) groups is 2. The van der Waals surface area contributed by atoms with Gasteiger partial charge in [0.1, 0.15) is 11.5 Å². The molecule has 1 heterocycles. The maximum absolute atomic E-state index is 11.0. The Kier molecular flexibility index (Phi) is 5.30. The molecule has 0 aliphatic heterocycles. The number of benzene rings is 2. The van der Waals surface area contributed by atoms with E-state index < -0.39 is 0 Å². The minimum atomic E-state index is -0.156. The van der Waals surface area contributed by atoms with Crippen molar-refractivity contribution in [3.8, 4) is 22.8 Å². The number of furan rings is 1. The SMILES string of the molecule is CC(=O)Nc1ccc(Oc2c(Cl)cc(-c3ccc(C=O)o3)cc2Cl)cc1. The lowest BCUT2D eigenvalue weighted by molar-refractivity contribution is -0.114. The molecule has 1 N–H and O–H groups in total. The predicted molar refractivity (Wildman–Crippen MR) is 100 cm³/mol. The van der Waals surface area contributed by atoms with E-state index in [4.69, 9.17) is 32.4 Å². The molecule has 0 saturated heterocycles. The summed E-state index contributed by atoms with van der Waals surface area (Å²) in [4.78, 5) is 21.8. The first kappa shape index (κ1) is 18.0. The van der Waals surface area contributed by atoms with Gasteiger partial charge in [0.25, 0.3) is 0 Å². The van der Waals surface area contributed by atoms with Crippen molar-refractivity contribution >= 4 is 41.1 Å². The molecule has 1 amide bonds. The number of rotatable bonds is 5. The third kappa shape index (κ3) is 4.07. The lowest BCUT2D eigenvalue weighted by atomic mass is 10.1. The lowest BCUT2D eigenvalue weighted by Crippen LogP contribution is -2.05. The average Bonchev–Trinajstić information content (AvgIpc) is 3.08. The van der Waals surface area contributed by atoms with Gasteiger partial charge in [-0.2, -0.15) is 0 Å². The van der Waals surface area contributed by atoms with Crippen LogP contribution in [-0.2, 0) is 4.79 Å². The van der Waals surface area contributed by atoms with Gasteiger partial charge in [0.15, 0.2) is 17.8 Å². The van der Waals surface area contributed by atoms with Crippen LogP contribution in [0.15, 0.2) is 52.9 Å². The average molecular weight is 390 g/mol. The monoisotopic (exact) mass is 389 g/mol. The molecule has 0 fully saturated rings. The normalized spacial score (nSPS) is 10.4. The zero-order valence-electron chi connectivity index (χ0n) is 13.6. The van der Waals surface area contributed by atoms with Gasteiger partial charge in [-0.05, 0) is 48.5 Å². The van der Waals surface area contributed by atoms with Gasteiger partial charge in [0, 0.05) is 18.2 Å². The first-order valence-electron chi connectivity index (χ1n) is 7.56. The number of hydrogen-bond acceptors (Lipinski definition) is 4. The Balaban J connectivity index is 1.84. The predicted octanol–water partition coefficient (Wildman–Crippen LogP) is 5.82. The lowest BCUT2D eigenvalue weighted by Gasteiger charge is -2.11. The Bertz CT molecular complexity index is 941. The minimum Gasteiger partial charge on any atom is -0.454 e. The molecule has 0 unspecified atom stereocenters. The minimum absolute atomic E-state index is 0.156. The van der Waals surface area contributed by atoms with Gasteiger partial charge in [-0.25, -0.2) is 0 Å². The van der Waals surface area contributed by atoms with E-state index in [9.17, 15) is 9.59 Å². The van der Waals surface area contributed by atoms with Crippen LogP contribution in [0.4, 0.5) is 5.69 Å². The molecule has 0 aliphatic carbocycles. The van der Waals surface area contributed by atoms with Crippen LogP contribution in [0.3, 0.4) is 0 Å². The van der Waals surface area contributed by atoms with Crippen LogP contribution in [-0.4, -0.2) is 12.2 Å². The fourth-order valence-electron chi connectivity index (χ4n) is 2.30. The molecular formula is C19H13Cl2NO4. The van der Waals surface area contributed by atoms with Crippen LogP contribution in [0.25, 0.3) is 11.3 Å². The van der Waals surface area contributed by atoms with Crippen molar-refractivity contribution in [3.05, 3.63) is 64.3 Å². The van der Waals surface area contributed by atoms with E-state index in [1.54, 1.807) is 48.5 Å². The van der Waals surface area contributed by atoms with E-state index in [0.29, 0.717) is 44.8 Å². The van der Waals surface area contributed by atoms with Gasteiger partial charge in [-0.1, -0.05) is 23.2 Å². The van der Waals surface area contributed by atoms with Crippen LogP contribution in [0.5, 0.6) is 11.5 Å². The molecule has 132 valence electrons. The van der Waals surface area contributed by atoms with Crippen molar-refractivity contribution in [1.29, 1.82) is 0 Å². The summed E-state index contributed by atoms with van der Waals surface area (Å²) in [6.45, 7) is 1.43. The molecule has 0 aliphatic rings.